The largest absolute Gasteiger partial charge is 0.393 e. The maximum absolute atomic E-state index is 5.51. The Morgan fingerprint density at radius 1 is 1.50 bits per heavy atom. The van der Waals surface area contributed by atoms with Crippen molar-refractivity contribution in [3.05, 3.63) is 16.0 Å². The Morgan fingerprint density at radius 3 is 2.50 bits per heavy atom. The van der Waals surface area contributed by atoms with E-state index in [1.807, 2.05) is 0 Å². The smallest absolute Gasteiger partial charge is 0.225 e. The number of hydrogen-bond donors (Lipinski definition) is 1. The van der Waals surface area contributed by atoms with Crippen LogP contribution in [0, 0.1) is 3.57 Å². The second-order valence-electron chi connectivity index (χ2n) is 3.70. The molecule has 0 radical (unpaired) electrons. The number of nitrogens with zero attached hydrogens (tertiary/aromatic N) is 3. The molecule has 0 aliphatic rings. The van der Waals surface area contributed by atoms with E-state index in [1.54, 1.807) is 12.4 Å². The third kappa shape index (κ3) is 4.17. The molecule has 2 N–H and O–H groups in total. The summed E-state index contributed by atoms with van der Waals surface area (Å²) in [6.45, 7) is 4.95. The van der Waals surface area contributed by atoms with Crippen molar-refractivity contribution >= 4 is 45.7 Å². The summed E-state index contributed by atoms with van der Waals surface area (Å²) in [5, 5.41) is 0. The number of hydrogen-bond acceptors (Lipinski definition) is 4. The van der Waals surface area contributed by atoms with Gasteiger partial charge < -0.3 is 10.6 Å². The Balaban J connectivity index is 2.77. The molecule has 0 spiro atoms. The van der Waals surface area contributed by atoms with Gasteiger partial charge in [-0.2, -0.15) is 0 Å². The molecule has 1 aromatic rings. The summed E-state index contributed by atoms with van der Waals surface area (Å²) in [5.41, 5.74) is 5.51. The zero-order valence-electron chi connectivity index (χ0n) is 9.35. The van der Waals surface area contributed by atoms with Crippen LogP contribution in [0.4, 0.5) is 5.95 Å². The van der Waals surface area contributed by atoms with Gasteiger partial charge in [0, 0.05) is 35.0 Å². The van der Waals surface area contributed by atoms with Gasteiger partial charge in [-0.3, -0.25) is 0 Å². The molecule has 16 heavy (non-hydrogen) atoms. The first kappa shape index (κ1) is 13.6. The first-order valence-electron chi connectivity index (χ1n) is 5.03. The van der Waals surface area contributed by atoms with Crippen molar-refractivity contribution in [2.24, 2.45) is 5.73 Å². The molecule has 4 nitrogen and oxygen atoms in total. The molecule has 0 aliphatic heterocycles. The molecule has 1 rings (SSSR count). The predicted octanol–water partition coefficient (Wildman–Crippen LogP) is 1.97. The molecule has 0 aromatic carbocycles. The van der Waals surface area contributed by atoms with Crippen molar-refractivity contribution in [3.8, 4) is 0 Å². The van der Waals surface area contributed by atoms with Gasteiger partial charge in [-0.25, -0.2) is 9.97 Å². The zero-order valence-corrected chi connectivity index (χ0v) is 12.3. The van der Waals surface area contributed by atoms with Gasteiger partial charge in [0.2, 0.25) is 5.95 Å². The number of halogens is 1. The quantitative estimate of drug-likeness (QED) is 0.650. The molecule has 6 heteroatoms. The molecule has 0 saturated carbocycles. The van der Waals surface area contributed by atoms with Crippen molar-refractivity contribution in [2.45, 2.75) is 26.3 Å². The third-order valence-corrected chi connectivity index (χ3v) is 2.85. The van der Waals surface area contributed by atoms with Crippen LogP contribution in [0.15, 0.2) is 12.4 Å². The van der Waals surface area contributed by atoms with Crippen LogP contribution in [0.3, 0.4) is 0 Å². The third-order valence-electron chi connectivity index (χ3n) is 2.09. The summed E-state index contributed by atoms with van der Waals surface area (Å²) in [6, 6.07) is 0.328. The SMILES string of the molecule is CC(C)N(CCC(N)=S)c1ncc(I)cn1. The van der Waals surface area contributed by atoms with E-state index in [1.165, 1.54) is 0 Å². The van der Waals surface area contributed by atoms with Crippen LogP contribution in [0.1, 0.15) is 20.3 Å². The second kappa shape index (κ2) is 6.29. The molecule has 0 amide bonds. The van der Waals surface area contributed by atoms with E-state index >= 15 is 0 Å². The van der Waals surface area contributed by atoms with Crippen LogP contribution in [-0.4, -0.2) is 27.5 Å². The number of nitrogens with two attached hydrogens (primary N) is 1. The highest BCUT2D eigenvalue weighted by molar-refractivity contribution is 14.1. The Hall–Kier alpha value is -0.500. The molecule has 0 bridgehead atoms. The van der Waals surface area contributed by atoms with Crippen LogP contribution >= 0.6 is 34.8 Å². The van der Waals surface area contributed by atoms with E-state index in [0.29, 0.717) is 17.5 Å². The fourth-order valence-electron chi connectivity index (χ4n) is 1.27. The van der Waals surface area contributed by atoms with Gasteiger partial charge in [0.05, 0.1) is 4.99 Å². The fourth-order valence-corrected chi connectivity index (χ4v) is 1.64. The lowest BCUT2D eigenvalue weighted by atomic mass is 10.3. The van der Waals surface area contributed by atoms with Gasteiger partial charge in [0.25, 0.3) is 0 Å². The molecule has 1 aromatic heterocycles. The van der Waals surface area contributed by atoms with Crippen molar-refractivity contribution in [1.82, 2.24) is 9.97 Å². The van der Waals surface area contributed by atoms with Gasteiger partial charge in [-0.05, 0) is 36.4 Å². The van der Waals surface area contributed by atoms with Crippen LogP contribution < -0.4 is 10.6 Å². The molecular formula is C10H15IN4S. The average Bonchev–Trinajstić information content (AvgIpc) is 2.20. The molecule has 0 fully saturated rings. The predicted molar refractivity (Wildman–Crippen MR) is 78.6 cm³/mol. The van der Waals surface area contributed by atoms with Crippen molar-refractivity contribution in [3.63, 3.8) is 0 Å². The van der Waals surface area contributed by atoms with Crippen LogP contribution in [0.2, 0.25) is 0 Å². The lowest BCUT2D eigenvalue weighted by Gasteiger charge is -2.26. The van der Waals surface area contributed by atoms with Crippen LogP contribution in [0.5, 0.6) is 0 Å². The number of rotatable bonds is 5. The molecule has 88 valence electrons. The van der Waals surface area contributed by atoms with Crippen molar-refractivity contribution < 1.29 is 0 Å². The van der Waals surface area contributed by atoms with E-state index in [4.69, 9.17) is 18.0 Å². The summed E-state index contributed by atoms with van der Waals surface area (Å²) in [4.78, 5) is 11.2. The molecule has 0 atom stereocenters. The normalized spacial score (nSPS) is 10.5. The van der Waals surface area contributed by atoms with E-state index in [-0.39, 0.29) is 0 Å². The van der Waals surface area contributed by atoms with Gasteiger partial charge in [-0.15, -0.1) is 0 Å². The highest BCUT2D eigenvalue weighted by Crippen LogP contribution is 2.12. The first-order chi connectivity index (χ1) is 7.50. The molecule has 0 unspecified atom stereocenters. The summed E-state index contributed by atoms with van der Waals surface area (Å²) in [5.74, 6) is 0.728. The highest BCUT2D eigenvalue weighted by Gasteiger charge is 2.13. The van der Waals surface area contributed by atoms with Crippen LogP contribution in [-0.2, 0) is 0 Å². The standard InChI is InChI=1S/C10H15IN4S/c1-7(2)15(4-3-9(12)16)10-13-5-8(11)6-14-10/h5-7H,3-4H2,1-2H3,(H2,12,16). The summed E-state index contributed by atoms with van der Waals surface area (Å²) in [6.07, 6.45) is 4.29. The van der Waals surface area contributed by atoms with Gasteiger partial charge in [0.15, 0.2) is 0 Å². The maximum atomic E-state index is 5.51. The topological polar surface area (TPSA) is 55.0 Å². The minimum absolute atomic E-state index is 0.328. The summed E-state index contributed by atoms with van der Waals surface area (Å²) < 4.78 is 1.03. The van der Waals surface area contributed by atoms with Gasteiger partial charge >= 0.3 is 0 Å². The molecule has 1 heterocycles. The number of thiocarbonyl (C=S) groups is 1. The molecule has 0 saturated heterocycles. The minimum Gasteiger partial charge on any atom is -0.393 e. The Morgan fingerprint density at radius 2 is 2.06 bits per heavy atom. The van der Waals surface area contributed by atoms with Crippen molar-refractivity contribution in [2.75, 3.05) is 11.4 Å². The Kier molecular flexibility index (Phi) is 5.33. The van der Waals surface area contributed by atoms with Gasteiger partial charge in [-0.1, -0.05) is 12.2 Å². The van der Waals surface area contributed by atoms with Gasteiger partial charge in [0.1, 0.15) is 0 Å². The lowest BCUT2D eigenvalue weighted by molar-refractivity contribution is 0.669. The Bertz CT molecular complexity index is 352. The maximum Gasteiger partial charge on any atom is 0.225 e. The number of anilines is 1. The second-order valence-corrected chi connectivity index (χ2v) is 5.47. The van der Waals surface area contributed by atoms with Crippen LogP contribution in [0.25, 0.3) is 0 Å². The Labute approximate surface area is 115 Å². The minimum atomic E-state index is 0.328. The monoisotopic (exact) mass is 350 g/mol. The number of aromatic nitrogens is 2. The van der Waals surface area contributed by atoms with E-state index < -0.39 is 0 Å². The fraction of sp³-hybridized carbons (Fsp3) is 0.500. The average molecular weight is 350 g/mol. The molecule has 0 aliphatic carbocycles. The summed E-state index contributed by atoms with van der Waals surface area (Å²) >= 11 is 7.07. The van der Waals surface area contributed by atoms with E-state index in [0.717, 1.165) is 16.1 Å². The lowest BCUT2D eigenvalue weighted by Crippen LogP contribution is -2.35. The van der Waals surface area contributed by atoms with E-state index in [2.05, 4.69) is 51.3 Å². The molecular weight excluding hydrogens is 335 g/mol. The first-order valence-corrected chi connectivity index (χ1v) is 6.52. The highest BCUT2D eigenvalue weighted by atomic mass is 127. The zero-order chi connectivity index (χ0) is 12.1. The van der Waals surface area contributed by atoms with E-state index in [9.17, 15) is 0 Å². The van der Waals surface area contributed by atoms with Crippen molar-refractivity contribution in [1.29, 1.82) is 0 Å². The summed E-state index contributed by atoms with van der Waals surface area (Å²) in [7, 11) is 0.